The molecule has 0 bridgehead atoms. The first-order valence-corrected chi connectivity index (χ1v) is 14.9. The van der Waals surface area contributed by atoms with E-state index in [0.29, 0.717) is 18.6 Å². The van der Waals surface area contributed by atoms with Crippen LogP contribution in [0.2, 0.25) is 0 Å². The third kappa shape index (κ3) is 5.87. The van der Waals surface area contributed by atoms with Crippen molar-refractivity contribution in [1.82, 2.24) is 5.06 Å². The van der Waals surface area contributed by atoms with Gasteiger partial charge < -0.3 is 8.92 Å². The number of hydroxylamine groups is 2. The molecule has 0 unspecified atom stereocenters. The Kier molecular flexibility index (Phi) is 7.86. The Morgan fingerprint density at radius 3 is 1.95 bits per heavy atom. The Bertz CT molecular complexity index is 1560. The monoisotopic (exact) mass is 559 g/mol. The molecule has 1 aliphatic heterocycles. The first-order valence-electron chi connectivity index (χ1n) is 11.6. The number of nitrogens with zero attached hydrogens (tertiary/aromatic N) is 1. The van der Waals surface area contributed by atoms with Gasteiger partial charge in [0.05, 0.1) is 29.2 Å². The van der Waals surface area contributed by atoms with E-state index in [0.717, 1.165) is 16.9 Å². The van der Waals surface area contributed by atoms with Gasteiger partial charge in [-0.15, -0.1) is 5.06 Å². The minimum atomic E-state index is -4.46. The lowest BCUT2D eigenvalue weighted by Gasteiger charge is -2.15. The minimum Gasteiger partial charge on any atom is -0.493 e. The number of rotatable bonds is 11. The Labute approximate surface area is 220 Å². The summed E-state index contributed by atoms with van der Waals surface area (Å²) in [5.41, 5.74) is 1.30. The van der Waals surface area contributed by atoms with Crippen molar-refractivity contribution in [2.45, 2.75) is 29.6 Å². The summed E-state index contributed by atoms with van der Waals surface area (Å²) in [6.07, 6.45) is 1.79. The molecule has 38 heavy (non-hydrogen) atoms. The van der Waals surface area contributed by atoms with E-state index in [2.05, 4.69) is 0 Å². The highest BCUT2D eigenvalue weighted by Crippen LogP contribution is 2.29. The van der Waals surface area contributed by atoms with E-state index < -0.39 is 36.7 Å². The standard InChI is InChI=1S/C26H25NO9S2/c1-3-18-15-19(34-13-8-14-35-27-25(28)21-9-4-5-10-22(21)26(27)29)17-20(16-18)36-38(32,33)24-12-7-6-11-23(24)37(2,30)31/h4-7,9-12,15-17H,3,8,13-14H2,1-2H3. The molecule has 0 aromatic heterocycles. The number of fused-ring (bicyclic) bond motifs is 1. The SMILES string of the molecule is CCc1cc(OCCCON2C(=O)c3ccccc3C2=O)cc(OS(=O)(=O)c2ccccc2S(C)(=O)=O)c1. The second kappa shape index (κ2) is 10.9. The lowest BCUT2D eigenvalue weighted by atomic mass is 10.1. The number of carbonyl (C=O) groups excluding carboxylic acids is 2. The summed E-state index contributed by atoms with van der Waals surface area (Å²) in [5, 5.41) is 0.730. The summed E-state index contributed by atoms with van der Waals surface area (Å²) in [6, 6.07) is 16.3. The van der Waals surface area contributed by atoms with Crippen LogP contribution in [0.4, 0.5) is 0 Å². The first kappa shape index (κ1) is 27.3. The molecule has 12 heteroatoms. The molecule has 2 amide bonds. The predicted molar refractivity (Wildman–Crippen MR) is 136 cm³/mol. The number of carbonyl (C=O) groups is 2. The van der Waals surface area contributed by atoms with Crippen molar-refractivity contribution >= 4 is 31.8 Å². The Morgan fingerprint density at radius 1 is 0.763 bits per heavy atom. The maximum atomic E-state index is 12.9. The smallest absolute Gasteiger partial charge is 0.340 e. The van der Waals surface area contributed by atoms with Gasteiger partial charge in [0.1, 0.15) is 16.4 Å². The number of aryl methyl sites for hydroxylation is 1. The molecular formula is C26H25NO9S2. The van der Waals surface area contributed by atoms with Gasteiger partial charge in [-0.3, -0.25) is 14.4 Å². The Morgan fingerprint density at radius 2 is 1.34 bits per heavy atom. The van der Waals surface area contributed by atoms with Gasteiger partial charge in [0.2, 0.25) is 0 Å². The molecule has 0 spiro atoms. The van der Waals surface area contributed by atoms with Crippen LogP contribution in [0.5, 0.6) is 11.5 Å². The molecule has 0 N–H and O–H groups in total. The number of hydrogen-bond acceptors (Lipinski definition) is 9. The molecule has 1 aliphatic rings. The van der Waals surface area contributed by atoms with Crippen LogP contribution in [0.25, 0.3) is 0 Å². The molecule has 1 heterocycles. The van der Waals surface area contributed by atoms with Crippen LogP contribution in [-0.4, -0.2) is 53.2 Å². The molecular weight excluding hydrogens is 534 g/mol. The number of benzene rings is 3. The van der Waals surface area contributed by atoms with Gasteiger partial charge in [-0.05, 0) is 48.4 Å². The average molecular weight is 560 g/mol. The van der Waals surface area contributed by atoms with E-state index in [1.807, 2.05) is 6.92 Å². The second-order valence-corrected chi connectivity index (χ2v) is 11.9. The van der Waals surface area contributed by atoms with Gasteiger partial charge in [-0.1, -0.05) is 31.2 Å². The van der Waals surface area contributed by atoms with Crippen LogP contribution in [0.1, 0.15) is 39.6 Å². The van der Waals surface area contributed by atoms with Gasteiger partial charge in [-0.25, -0.2) is 8.42 Å². The fourth-order valence-electron chi connectivity index (χ4n) is 3.79. The first-order chi connectivity index (χ1) is 18.0. The molecule has 3 aromatic rings. The molecule has 0 radical (unpaired) electrons. The highest BCUT2D eigenvalue weighted by molar-refractivity contribution is 7.92. The van der Waals surface area contributed by atoms with E-state index in [1.165, 1.54) is 36.4 Å². The van der Waals surface area contributed by atoms with Crippen LogP contribution < -0.4 is 8.92 Å². The van der Waals surface area contributed by atoms with E-state index in [4.69, 9.17) is 13.8 Å². The number of imide groups is 1. The van der Waals surface area contributed by atoms with E-state index in [9.17, 15) is 26.4 Å². The van der Waals surface area contributed by atoms with Gasteiger partial charge in [0, 0.05) is 18.7 Å². The summed E-state index contributed by atoms with van der Waals surface area (Å²) in [4.78, 5) is 29.2. The van der Waals surface area contributed by atoms with Gasteiger partial charge in [0.15, 0.2) is 9.84 Å². The third-order valence-corrected chi connectivity index (χ3v) is 8.20. The molecule has 0 aliphatic carbocycles. The van der Waals surface area contributed by atoms with Crippen LogP contribution in [-0.2, 0) is 31.2 Å². The van der Waals surface area contributed by atoms with Crippen molar-refractivity contribution in [2.75, 3.05) is 19.5 Å². The van der Waals surface area contributed by atoms with Crippen LogP contribution >= 0.6 is 0 Å². The van der Waals surface area contributed by atoms with Gasteiger partial charge >= 0.3 is 10.1 Å². The zero-order valence-corrected chi connectivity index (χ0v) is 22.3. The molecule has 0 fully saturated rings. The topological polar surface area (TPSA) is 133 Å². The third-order valence-electron chi connectivity index (χ3n) is 5.61. The molecule has 0 atom stereocenters. The van der Waals surface area contributed by atoms with Gasteiger partial charge in [-0.2, -0.15) is 8.42 Å². The van der Waals surface area contributed by atoms with Crippen molar-refractivity contribution in [3.05, 3.63) is 83.4 Å². The maximum absolute atomic E-state index is 12.9. The van der Waals surface area contributed by atoms with Crippen LogP contribution in [0.15, 0.2) is 76.5 Å². The predicted octanol–water partition coefficient (Wildman–Crippen LogP) is 3.42. The summed E-state index contributed by atoms with van der Waals surface area (Å²) in [7, 11) is -8.28. The quantitative estimate of drug-likeness (QED) is 0.197. The number of sulfone groups is 1. The fourth-order valence-corrected chi connectivity index (χ4v) is 6.31. The number of ether oxygens (including phenoxy) is 1. The highest BCUT2D eigenvalue weighted by atomic mass is 32.2. The number of hydrogen-bond donors (Lipinski definition) is 0. The minimum absolute atomic E-state index is 0.0267. The average Bonchev–Trinajstić information content (AvgIpc) is 3.12. The van der Waals surface area contributed by atoms with E-state index in [-0.39, 0.29) is 35.0 Å². The summed E-state index contributed by atoms with van der Waals surface area (Å²) in [6.45, 7) is 2.03. The molecule has 10 nitrogen and oxygen atoms in total. The second-order valence-electron chi connectivity index (χ2n) is 8.41. The van der Waals surface area contributed by atoms with Crippen molar-refractivity contribution in [1.29, 1.82) is 0 Å². The summed E-state index contributed by atoms with van der Waals surface area (Å²) >= 11 is 0. The van der Waals surface area contributed by atoms with Crippen molar-refractivity contribution in [2.24, 2.45) is 0 Å². The fraction of sp³-hybridized carbons (Fsp3) is 0.231. The van der Waals surface area contributed by atoms with Crippen molar-refractivity contribution < 1.29 is 40.2 Å². The van der Waals surface area contributed by atoms with E-state index in [1.54, 1.807) is 30.3 Å². The molecule has 4 rings (SSSR count). The molecule has 0 saturated heterocycles. The Balaban J connectivity index is 1.39. The maximum Gasteiger partial charge on any atom is 0.340 e. The highest BCUT2D eigenvalue weighted by Gasteiger charge is 2.36. The summed E-state index contributed by atoms with van der Waals surface area (Å²) in [5.74, 6) is -0.762. The van der Waals surface area contributed by atoms with E-state index >= 15 is 0 Å². The lowest BCUT2D eigenvalue weighted by Crippen LogP contribution is -2.30. The Hall–Kier alpha value is -3.74. The lowest BCUT2D eigenvalue weighted by molar-refractivity contribution is -0.0935. The molecule has 3 aromatic carbocycles. The zero-order chi connectivity index (χ0) is 27.5. The largest absolute Gasteiger partial charge is 0.493 e. The summed E-state index contributed by atoms with van der Waals surface area (Å²) < 4.78 is 61.0. The number of amides is 2. The van der Waals surface area contributed by atoms with Crippen molar-refractivity contribution in [3.63, 3.8) is 0 Å². The van der Waals surface area contributed by atoms with Gasteiger partial charge in [0.25, 0.3) is 11.8 Å². The zero-order valence-electron chi connectivity index (χ0n) is 20.6. The molecule has 0 saturated carbocycles. The van der Waals surface area contributed by atoms with Crippen molar-refractivity contribution in [3.8, 4) is 11.5 Å². The van der Waals surface area contributed by atoms with Crippen LogP contribution in [0, 0.1) is 0 Å². The molecule has 200 valence electrons. The normalized spacial score (nSPS) is 13.5. The van der Waals surface area contributed by atoms with Crippen LogP contribution in [0.3, 0.4) is 0 Å².